The second-order valence-corrected chi connectivity index (χ2v) is 19.4. The number of nitriles is 1. The van der Waals surface area contributed by atoms with Gasteiger partial charge >= 0.3 is 0 Å². The van der Waals surface area contributed by atoms with E-state index in [1.54, 1.807) is 12.1 Å². The number of carbonyl (C=O) groups excluding carboxylic acids is 2. The lowest BCUT2D eigenvalue weighted by Gasteiger charge is -2.33. The number of nitrogens with two attached hydrogens (primary N) is 1. The molecule has 4 atom stereocenters. The molecule has 14 heteroatoms. The number of rotatable bonds is 10. The highest BCUT2D eigenvalue weighted by Gasteiger charge is 2.37. The Morgan fingerprint density at radius 3 is 1.71 bits per heavy atom. The van der Waals surface area contributed by atoms with Crippen molar-refractivity contribution in [3.8, 4) is 6.07 Å². The smallest absolute Gasteiger partial charge is 0.252 e. The average molecular weight is 632 g/mol. The second kappa shape index (κ2) is 21.7. The zero-order chi connectivity index (χ0) is 29.4. The molecule has 0 saturated heterocycles. The summed E-state index contributed by atoms with van der Waals surface area (Å²) in [6.07, 6.45) is 5.03. The van der Waals surface area contributed by atoms with Crippen molar-refractivity contribution in [3.63, 3.8) is 0 Å². The fourth-order valence-electron chi connectivity index (χ4n) is 2.59. The molecule has 0 radical (unpaired) electrons. The standard InChI is InChI=1S/C12H28N2OSSi.C10H18N2O3S.C2H3N.2H2S/c1-8-9-11(2)10-16(13,15)14-17(6,7)12(3,4)5;1-5-6-8(2)7-16(15,11-9(3)13)12-10(4)14;1-2-3;;/h8,11H,1,9-10H2,2-7H3,(H2,13,14,15);5,8H,1,6-7H2,2-4H3,(H,11,12,13,14,15);1H3;2*1H2/t11-,16?;8-;;;/m00.../s1. The van der Waals surface area contributed by atoms with Crippen LogP contribution in [0.15, 0.2) is 33.7 Å². The molecule has 0 aliphatic rings. The molecule has 0 rings (SSSR count). The topological polar surface area (TPSA) is 155 Å². The molecule has 2 amide bonds. The third-order valence-electron chi connectivity index (χ3n) is 4.97. The molecule has 0 spiro atoms. The predicted molar refractivity (Wildman–Crippen MR) is 177 cm³/mol. The first-order valence-electron chi connectivity index (χ1n) is 11.7. The molecule has 0 aliphatic heterocycles. The van der Waals surface area contributed by atoms with Crippen molar-refractivity contribution in [1.29, 1.82) is 5.26 Å². The molecule has 0 aliphatic carbocycles. The number of nitrogens with one attached hydrogen (secondary N) is 1. The van der Waals surface area contributed by atoms with Gasteiger partial charge in [0.1, 0.15) is 9.92 Å². The zero-order valence-corrected chi connectivity index (χ0v) is 29.6. The van der Waals surface area contributed by atoms with Gasteiger partial charge in [-0.2, -0.15) is 32.3 Å². The van der Waals surface area contributed by atoms with Gasteiger partial charge < -0.3 is 0 Å². The Bertz CT molecular complexity index is 1020. The zero-order valence-electron chi connectivity index (χ0n) is 24.9. The lowest BCUT2D eigenvalue weighted by atomic mass is 10.1. The van der Waals surface area contributed by atoms with E-state index >= 15 is 0 Å². The molecular weight excluding hydrogens is 579 g/mol. The highest BCUT2D eigenvalue weighted by atomic mass is 32.2. The molecular formula is C24H53N5O4S4Si. The Hall–Kier alpha value is -1.11. The highest BCUT2D eigenvalue weighted by Crippen LogP contribution is 2.37. The van der Waals surface area contributed by atoms with E-state index in [1.807, 2.05) is 19.9 Å². The van der Waals surface area contributed by atoms with E-state index in [0.29, 0.717) is 12.2 Å². The molecule has 0 aromatic rings. The van der Waals surface area contributed by atoms with Crippen molar-refractivity contribution >= 4 is 66.9 Å². The van der Waals surface area contributed by atoms with Crippen LogP contribution in [0.4, 0.5) is 0 Å². The van der Waals surface area contributed by atoms with E-state index in [1.165, 1.54) is 20.8 Å². The molecule has 0 fully saturated rings. The number of amides is 2. The lowest BCUT2D eigenvalue weighted by Crippen LogP contribution is -2.38. The van der Waals surface area contributed by atoms with E-state index in [0.717, 1.165) is 6.42 Å². The molecule has 3 N–H and O–H groups in total. The van der Waals surface area contributed by atoms with Crippen LogP contribution in [0.1, 0.15) is 68.2 Å². The molecule has 226 valence electrons. The predicted octanol–water partition coefficient (Wildman–Crippen LogP) is 5.57. The summed E-state index contributed by atoms with van der Waals surface area (Å²) in [5.41, 5.74) is 0. The van der Waals surface area contributed by atoms with Gasteiger partial charge in [-0.1, -0.05) is 46.8 Å². The largest absolute Gasteiger partial charge is 0.274 e. The van der Waals surface area contributed by atoms with Crippen LogP contribution in [0.25, 0.3) is 0 Å². The molecule has 38 heavy (non-hydrogen) atoms. The average Bonchev–Trinajstić information content (AvgIpc) is 2.58. The maximum Gasteiger partial charge on any atom is 0.252 e. The number of hydrogen-bond donors (Lipinski definition) is 2. The van der Waals surface area contributed by atoms with Gasteiger partial charge in [0, 0.05) is 26.5 Å². The third kappa shape index (κ3) is 25.2. The monoisotopic (exact) mass is 631 g/mol. The first-order chi connectivity index (χ1) is 16.1. The van der Waals surface area contributed by atoms with E-state index < -0.39 is 39.9 Å². The fraction of sp³-hybridized carbons (Fsp3) is 0.708. The van der Waals surface area contributed by atoms with Gasteiger partial charge in [0.15, 0.2) is 8.24 Å². The Kier molecular flexibility index (Phi) is 26.7. The van der Waals surface area contributed by atoms with Gasteiger partial charge in [0.05, 0.1) is 21.7 Å². The van der Waals surface area contributed by atoms with E-state index in [-0.39, 0.29) is 49.6 Å². The molecule has 0 heterocycles. The maximum absolute atomic E-state index is 12.3. The summed E-state index contributed by atoms with van der Waals surface area (Å²) in [6.45, 7) is 25.7. The van der Waals surface area contributed by atoms with Gasteiger partial charge in [-0.25, -0.2) is 13.6 Å². The summed E-state index contributed by atoms with van der Waals surface area (Å²) in [7, 11) is -7.47. The van der Waals surface area contributed by atoms with Crippen LogP contribution in [0, 0.1) is 23.2 Å². The van der Waals surface area contributed by atoms with Gasteiger partial charge in [-0.15, -0.1) is 17.5 Å². The second-order valence-electron chi connectivity index (χ2n) is 10.3. The summed E-state index contributed by atoms with van der Waals surface area (Å²) in [5.74, 6) is -0.0761. The SMILES string of the molecule is C=CC[C@H](C)CS(=O)(=NC(C)=O)NC(C)=O.C=CC[C@H](C)CS(N)(=O)=N[Si](C)(C)C(C)(C)C.CC#N.S.S. The summed E-state index contributed by atoms with van der Waals surface area (Å²) in [4.78, 5) is 21.8. The van der Waals surface area contributed by atoms with Crippen molar-refractivity contribution in [2.75, 3.05) is 11.5 Å². The summed E-state index contributed by atoms with van der Waals surface area (Å²) in [6, 6.07) is 1.75. The Morgan fingerprint density at radius 1 is 1.05 bits per heavy atom. The van der Waals surface area contributed by atoms with Gasteiger partial charge in [-0.05, 0) is 42.8 Å². The molecule has 0 aromatic carbocycles. The van der Waals surface area contributed by atoms with Crippen LogP contribution in [0.3, 0.4) is 0 Å². The first-order valence-corrected chi connectivity index (χ1v) is 18.1. The molecule has 0 aromatic heterocycles. The van der Waals surface area contributed by atoms with Crippen LogP contribution in [-0.2, 0) is 29.4 Å². The van der Waals surface area contributed by atoms with E-state index in [9.17, 15) is 18.0 Å². The van der Waals surface area contributed by atoms with E-state index in [4.69, 9.17) is 10.4 Å². The third-order valence-corrected chi connectivity index (χ3v) is 14.9. The molecule has 2 unspecified atom stereocenters. The number of nitrogens with zero attached hydrogens (tertiary/aromatic N) is 3. The Balaban J connectivity index is -0.000000165. The minimum atomic E-state index is -2.98. The summed E-state index contributed by atoms with van der Waals surface area (Å²) < 4.78 is 34.8. The first kappa shape index (κ1) is 46.7. The van der Waals surface area contributed by atoms with Crippen LogP contribution in [0.5, 0.6) is 0 Å². The minimum absolute atomic E-state index is 0. The minimum Gasteiger partial charge on any atom is -0.274 e. The van der Waals surface area contributed by atoms with Crippen LogP contribution < -0.4 is 9.86 Å². The molecule has 0 bridgehead atoms. The highest BCUT2D eigenvalue weighted by molar-refractivity contribution is 7.92. The maximum atomic E-state index is 12.3. The van der Waals surface area contributed by atoms with Crippen LogP contribution in [0.2, 0.25) is 18.1 Å². The van der Waals surface area contributed by atoms with Gasteiger partial charge in [-0.3, -0.25) is 18.3 Å². The van der Waals surface area contributed by atoms with E-state index in [2.05, 4.69) is 60.1 Å². The molecule has 0 saturated carbocycles. The van der Waals surface area contributed by atoms with Crippen molar-refractivity contribution in [2.24, 2.45) is 25.4 Å². The number of allylic oxidation sites excluding steroid dienone is 2. The van der Waals surface area contributed by atoms with Crippen molar-refractivity contribution in [1.82, 2.24) is 4.72 Å². The lowest BCUT2D eigenvalue weighted by molar-refractivity contribution is -0.117. The molecule has 9 nitrogen and oxygen atoms in total. The van der Waals surface area contributed by atoms with Crippen molar-refractivity contribution < 1.29 is 18.0 Å². The van der Waals surface area contributed by atoms with Gasteiger partial charge in [0.25, 0.3) is 5.91 Å². The fourth-order valence-corrected chi connectivity index (χ4v) is 10.0. The Morgan fingerprint density at radius 2 is 1.42 bits per heavy atom. The van der Waals surface area contributed by atoms with Crippen LogP contribution >= 0.6 is 27.0 Å². The van der Waals surface area contributed by atoms with Crippen molar-refractivity contribution in [2.45, 2.75) is 86.4 Å². The quantitative estimate of drug-likeness (QED) is 0.238. The number of hydrogen-bond acceptors (Lipinski definition) is 6. The number of carbonyl (C=O) groups is 2. The normalized spacial score (nSPS) is 15.0. The Labute approximate surface area is 248 Å². The van der Waals surface area contributed by atoms with Crippen LogP contribution in [-0.4, -0.2) is 40.0 Å². The summed E-state index contributed by atoms with van der Waals surface area (Å²) >= 11 is 0. The van der Waals surface area contributed by atoms with Crippen molar-refractivity contribution in [3.05, 3.63) is 25.3 Å². The summed E-state index contributed by atoms with van der Waals surface area (Å²) in [5, 5.41) is 13.3. The van der Waals surface area contributed by atoms with Gasteiger partial charge in [0.2, 0.25) is 5.91 Å².